The maximum atomic E-state index is 9.18. The Kier molecular flexibility index (Phi) is 4.99. The topological polar surface area (TPSA) is 41.5 Å². The third-order valence-electron chi connectivity index (χ3n) is 1.69. The van der Waals surface area contributed by atoms with Crippen LogP contribution in [-0.2, 0) is 4.74 Å². The molecule has 1 heterocycles. The minimum absolute atomic E-state index is 0. The van der Waals surface area contributed by atoms with Gasteiger partial charge in [0.15, 0.2) is 0 Å². The van der Waals surface area contributed by atoms with Crippen molar-refractivity contribution in [1.82, 2.24) is 5.32 Å². The Labute approximate surface area is 67.2 Å². The molecule has 0 amide bonds. The molecule has 1 fully saturated rings. The third-order valence-corrected chi connectivity index (χ3v) is 1.69. The number of piperidine rings is 1. The Morgan fingerprint density at radius 1 is 1.60 bits per heavy atom. The lowest BCUT2D eigenvalue weighted by molar-refractivity contribution is -0.0280. The Morgan fingerprint density at radius 2 is 2.30 bits per heavy atom. The first-order valence-corrected chi connectivity index (χ1v) is 3.26. The Morgan fingerprint density at radius 3 is 2.70 bits per heavy atom. The van der Waals surface area contributed by atoms with Gasteiger partial charge in [0.25, 0.3) is 0 Å². The summed E-state index contributed by atoms with van der Waals surface area (Å²) in [5.41, 5.74) is 0. The highest BCUT2D eigenvalue weighted by atomic mass is 35.5. The molecule has 4 heteroatoms. The number of methoxy groups -OCH3 is 1. The average Bonchev–Trinajstić information content (AvgIpc) is 1.89. The van der Waals surface area contributed by atoms with E-state index in [2.05, 4.69) is 5.32 Å². The average molecular weight is 168 g/mol. The summed E-state index contributed by atoms with van der Waals surface area (Å²) in [7, 11) is 1.64. The van der Waals surface area contributed by atoms with Crippen LogP contribution in [0.2, 0.25) is 0 Å². The molecule has 1 saturated heterocycles. The van der Waals surface area contributed by atoms with E-state index in [4.69, 9.17) is 4.74 Å². The number of β-amino-alcohol motifs (C(OH)–C–C–N with tert-alkyl or cyclic N) is 1. The zero-order chi connectivity index (χ0) is 6.69. The number of rotatable bonds is 1. The second-order valence-electron chi connectivity index (χ2n) is 2.33. The van der Waals surface area contributed by atoms with Crippen LogP contribution < -0.4 is 5.32 Å². The van der Waals surface area contributed by atoms with E-state index in [1.54, 1.807) is 7.11 Å². The van der Waals surface area contributed by atoms with Gasteiger partial charge in [-0.3, -0.25) is 0 Å². The molecule has 0 aromatic rings. The van der Waals surface area contributed by atoms with E-state index in [1.165, 1.54) is 0 Å². The quantitative estimate of drug-likeness (QED) is 0.568. The monoisotopic (exact) mass is 167 g/mol. The van der Waals surface area contributed by atoms with Crippen molar-refractivity contribution in [1.29, 1.82) is 0 Å². The van der Waals surface area contributed by atoms with E-state index in [0.717, 1.165) is 13.0 Å². The fourth-order valence-corrected chi connectivity index (χ4v) is 1.09. The van der Waals surface area contributed by atoms with Crippen LogP contribution in [0, 0.1) is 0 Å². The molecule has 2 N–H and O–H groups in total. The largest absolute Gasteiger partial charge is 0.389 e. The number of nitrogens with one attached hydrogen (secondary N) is 1. The first kappa shape index (κ1) is 10.2. The van der Waals surface area contributed by atoms with Crippen molar-refractivity contribution in [3.05, 3.63) is 0 Å². The van der Waals surface area contributed by atoms with E-state index in [0.29, 0.717) is 6.54 Å². The predicted molar refractivity (Wildman–Crippen MR) is 41.5 cm³/mol. The van der Waals surface area contributed by atoms with Gasteiger partial charge in [-0.1, -0.05) is 0 Å². The second kappa shape index (κ2) is 4.91. The van der Waals surface area contributed by atoms with Gasteiger partial charge in [-0.05, 0) is 13.0 Å². The number of hydrogen-bond acceptors (Lipinski definition) is 3. The molecule has 0 bridgehead atoms. The molecule has 1 aliphatic rings. The Hall–Kier alpha value is 0.170. The van der Waals surface area contributed by atoms with E-state index in [9.17, 15) is 5.11 Å². The lowest BCUT2D eigenvalue weighted by Crippen LogP contribution is -2.44. The molecule has 0 aromatic carbocycles. The van der Waals surface area contributed by atoms with Gasteiger partial charge in [0, 0.05) is 13.7 Å². The summed E-state index contributed by atoms with van der Waals surface area (Å²) < 4.78 is 5.01. The van der Waals surface area contributed by atoms with E-state index >= 15 is 0 Å². The Balaban J connectivity index is 0.000000810. The summed E-state index contributed by atoms with van der Waals surface area (Å²) >= 11 is 0. The standard InChI is InChI=1S/C6H13NO2.ClH/c1-9-6-2-3-7-4-5(6)8;/h5-8H,2-4H2,1H3;1H/t5-,6-;/m0./s1. The number of halogens is 1. The molecular weight excluding hydrogens is 154 g/mol. The van der Waals surface area contributed by atoms with Gasteiger partial charge in [-0.25, -0.2) is 0 Å². The van der Waals surface area contributed by atoms with Gasteiger partial charge in [0.1, 0.15) is 0 Å². The molecule has 10 heavy (non-hydrogen) atoms. The van der Waals surface area contributed by atoms with Crippen molar-refractivity contribution < 1.29 is 9.84 Å². The molecule has 0 unspecified atom stereocenters. The van der Waals surface area contributed by atoms with Crippen molar-refractivity contribution in [2.75, 3.05) is 20.2 Å². The number of aliphatic hydroxyl groups excluding tert-OH is 1. The number of ether oxygens (including phenoxy) is 1. The van der Waals surface area contributed by atoms with Gasteiger partial charge in [-0.2, -0.15) is 0 Å². The van der Waals surface area contributed by atoms with Crippen LogP contribution in [0.25, 0.3) is 0 Å². The minimum atomic E-state index is -0.316. The lowest BCUT2D eigenvalue weighted by atomic mass is 10.1. The molecule has 0 aromatic heterocycles. The van der Waals surface area contributed by atoms with E-state index in [-0.39, 0.29) is 24.6 Å². The van der Waals surface area contributed by atoms with Crippen molar-refractivity contribution in [3.8, 4) is 0 Å². The summed E-state index contributed by atoms with van der Waals surface area (Å²) in [4.78, 5) is 0. The minimum Gasteiger partial charge on any atom is -0.389 e. The molecule has 0 saturated carbocycles. The SMILES string of the molecule is CO[C@H]1CCNC[C@@H]1O.Cl. The van der Waals surface area contributed by atoms with Crippen LogP contribution in [-0.4, -0.2) is 37.5 Å². The maximum absolute atomic E-state index is 9.18. The molecule has 3 nitrogen and oxygen atoms in total. The normalized spacial score (nSPS) is 33.0. The second-order valence-corrected chi connectivity index (χ2v) is 2.33. The van der Waals surface area contributed by atoms with Gasteiger partial charge >= 0.3 is 0 Å². The van der Waals surface area contributed by atoms with Crippen molar-refractivity contribution >= 4 is 12.4 Å². The highest BCUT2D eigenvalue weighted by Gasteiger charge is 2.21. The Bertz CT molecular complexity index is 91.8. The molecule has 1 aliphatic heterocycles. The molecule has 0 aliphatic carbocycles. The van der Waals surface area contributed by atoms with Crippen LogP contribution in [0.4, 0.5) is 0 Å². The van der Waals surface area contributed by atoms with Crippen LogP contribution in [0.1, 0.15) is 6.42 Å². The fraction of sp³-hybridized carbons (Fsp3) is 1.00. The van der Waals surface area contributed by atoms with Crippen LogP contribution in [0.15, 0.2) is 0 Å². The zero-order valence-corrected chi connectivity index (χ0v) is 6.86. The highest BCUT2D eigenvalue weighted by molar-refractivity contribution is 5.85. The summed E-state index contributed by atoms with van der Waals surface area (Å²) in [5.74, 6) is 0. The van der Waals surface area contributed by atoms with Gasteiger partial charge in [-0.15, -0.1) is 12.4 Å². The maximum Gasteiger partial charge on any atom is 0.0926 e. The van der Waals surface area contributed by atoms with Gasteiger partial charge < -0.3 is 15.2 Å². The van der Waals surface area contributed by atoms with Crippen LogP contribution in [0.5, 0.6) is 0 Å². The van der Waals surface area contributed by atoms with Gasteiger partial charge in [0.05, 0.1) is 12.2 Å². The smallest absolute Gasteiger partial charge is 0.0926 e. The molecular formula is C6H14ClNO2. The summed E-state index contributed by atoms with van der Waals surface area (Å²) in [6.45, 7) is 1.62. The molecule has 1 rings (SSSR count). The lowest BCUT2D eigenvalue weighted by Gasteiger charge is -2.26. The summed E-state index contributed by atoms with van der Waals surface area (Å²) in [6.07, 6.45) is 0.646. The summed E-state index contributed by atoms with van der Waals surface area (Å²) in [5, 5.41) is 12.3. The molecule has 62 valence electrons. The third kappa shape index (κ3) is 2.42. The molecule has 0 radical (unpaired) electrons. The van der Waals surface area contributed by atoms with E-state index in [1.807, 2.05) is 0 Å². The fourth-order valence-electron chi connectivity index (χ4n) is 1.09. The highest BCUT2D eigenvalue weighted by Crippen LogP contribution is 2.05. The van der Waals surface area contributed by atoms with Crippen molar-refractivity contribution in [2.24, 2.45) is 0 Å². The zero-order valence-electron chi connectivity index (χ0n) is 6.04. The predicted octanol–water partition coefficient (Wildman–Crippen LogP) is -0.223. The molecule has 2 atom stereocenters. The first-order valence-electron chi connectivity index (χ1n) is 3.26. The van der Waals surface area contributed by atoms with Crippen LogP contribution in [0.3, 0.4) is 0 Å². The molecule has 0 spiro atoms. The van der Waals surface area contributed by atoms with Crippen LogP contribution >= 0.6 is 12.4 Å². The number of hydrogen-bond donors (Lipinski definition) is 2. The van der Waals surface area contributed by atoms with Crippen molar-refractivity contribution in [2.45, 2.75) is 18.6 Å². The summed E-state index contributed by atoms with van der Waals surface area (Å²) in [6, 6.07) is 0. The first-order chi connectivity index (χ1) is 4.34. The van der Waals surface area contributed by atoms with Gasteiger partial charge in [0.2, 0.25) is 0 Å². The number of aliphatic hydroxyl groups is 1. The van der Waals surface area contributed by atoms with E-state index < -0.39 is 0 Å². The van der Waals surface area contributed by atoms with Crippen molar-refractivity contribution in [3.63, 3.8) is 0 Å².